The average Bonchev–Trinajstić information content (AvgIpc) is 2.97. The topological polar surface area (TPSA) is 113 Å². The smallest absolute Gasteiger partial charge is 0.321 e. The van der Waals surface area contributed by atoms with Gasteiger partial charge in [0.05, 0.1) is 16.5 Å². The molecule has 0 radical (unpaired) electrons. The summed E-state index contributed by atoms with van der Waals surface area (Å²) in [5.74, 6) is -1.47. The first kappa shape index (κ1) is 15.7. The quantitative estimate of drug-likeness (QED) is 0.653. The number of anilines is 1. The zero-order chi connectivity index (χ0) is 16.3. The van der Waals surface area contributed by atoms with Crippen molar-refractivity contribution in [2.24, 2.45) is 5.92 Å². The number of urea groups is 1. The maximum atomic E-state index is 12.2. The van der Waals surface area contributed by atoms with Gasteiger partial charge in [-0.1, -0.05) is 13.0 Å². The summed E-state index contributed by atoms with van der Waals surface area (Å²) in [6.45, 7) is 2.39. The summed E-state index contributed by atoms with van der Waals surface area (Å²) < 4.78 is 0. The van der Waals surface area contributed by atoms with E-state index in [1.807, 2.05) is 6.92 Å². The highest BCUT2D eigenvalue weighted by atomic mass is 16.6. The van der Waals surface area contributed by atoms with Gasteiger partial charge in [-0.05, 0) is 18.4 Å². The first-order valence-electron chi connectivity index (χ1n) is 6.98. The average molecular weight is 307 g/mol. The Bertz CT molecular complexity index is 616. The number of nitrogens with zero attached hydrogens (tertiary/aromatic N) is 2. The number of hydrogen-bond donors (Lipinski definition) is 2. The molecule has 2 N–H and O–H groups in total. The summed E-state index contributed by atoms with van der Waals surface area (Å²) in [7, 11) is 0. The first-order chi connectivity index (χ1) is 10.4. The molecule has 0 spiro atoms. The standard InChI is InChI=1S/C14H17N3O5/c1-2-9-3-4-11(17(21)22)7-12(9)15-14(20)16-6-5-10(8-16)13(18)19/h3-4,7,10H,2,5-6,8H2,1H3,(H,15,20)(H,18,19). The van der Waals surface area contributed by atoms with Gasteiger partial charge in [-0.15, -0.1) is 0 Å². The Morgan fingerprint density at radius 1 is 1.50 bits per heavy atom. The molecule has 1 aliphatic heterocycles. The number of nitro benzene ring substituents is 1. The number of non-ortho nitro benzene ring substituents is 1. The third-order valence-corrected chi connectivity index (χ3v) is 3.75. The molecule has 0 saturated carbocycles. The summed E-state index contributed by atoms with van der Waals surface area (Å²) in [5, 5.41) is 22.4. The van der Waals surface area contributed by atoms with Crippen molar-refractivity contribution in [3.05, 3.63) is 33.9 Å². The number of likely N-dealkylation sites (tertiary alicyclic amines) is 1. The largest absolute Gasteiger partial charge is 0.481 e. The van der Waals surface area contributed by atoms with Crippen molar-refractivity contribution in [3.63, 3.8) is 0 Å². The maximum Gasteiger partial charge on any atom is 0.321 e. The SMILES string of the molecule is CCc1ccc([N+](=O)[O-])cc1NC(=O)N1CCC(C(=O)O)C1. The summed E-state index contributed by atoms with van der Waals surface area (Å²) in [6, 6.07) is 3.89. The lowest BCUT2D eigenvalue weighted by atomic mass is 10.1. The van der Waals surface area contributed by atoms with Gasteiger partial charge in [-0.3, -0.25) is 14.9 Å². The van der Waals surface area contributed by atoms with Crippen LogP contribution in [-0.4, -0.2) is 40.0 Å². The van der Waals surface area contributed by atoms with Crippen LogP contribution in [0.2, 0.25) is 0 Å². The van der Waals surface area contributed by atoms with Crippen LogP contribution in [0.25, 0.3) is 0 Å². The molecule has 2 rings (SSSR count). The predicted molar refractivity (Wildman–Crippen MR) is 78.8 cm³/mol. The fourth-order valence-electron chi connectivity index (χ4n) is 2.44. The van der Waals surface area contributed by atoms with E-state index in [2.05, 4.69) is 5.32 Å². The molecule has 8 nitrogen and oxygen atoms in total. The third kappa shape index (κ3) is 3.33. The van der Waals surface area contributed by atoms with Crippen molar-refractivity contribution >= 4 is 23.4 Å². The monoisotopic (exact) mass is 307 g/mol. The van der Waals surface area contributed by atoms with Gasteiger partial charge < -0.3 is 15.3 Å². The van der Waals surface area contributed by atoms with Gasteiger partial charge in [0.15, 0.2) is 0 Å². The molecular formula is C14H17N3O5. The van der Waals surface area contributed by atoms with Crippen LogP contribution in [-0.2, 0) is 11.2 Å². The number of hydrogen-bond acceptors (Lipinski definition) is 4. The lowest BCUT2D eigenvalue weighted by Crippen LogP contribution is -2.34. The number of rotatable bonds is 4. The number of amides is 2. The first-order valence-corrected chi connectivity index (χ1v) is 6.98. The molecule has 1 heterocycles. The van der Waals surface area contributed by atoms with Crippen molar-refractivity contribution in [1.29, 1.82) is 0 Å². The highest BCUT2D eigenvalue weighted by Gasteiger charge is 2.31. The van der Waals surface area contributed by atoms with Gasteiger partial charge >= 0.3 is 12.0 Å². The number of carboxylic acid groups (broad SMARTS) is 1. The normalized spacial score (nSPS) is 17.3. The van der Waals surface area contributed by atoms with E-state index in [4.69, 9.17) is 5.11 Å². The molecule has 1 atom stereocenters. The molecule has 2 amide bonds. The van der Waals surface area contributed by atoms with Crippen LogP contribution in [0.5, 0.6) is 0 Å². The van der Waals surface area contributed by atoms with Crippen molar-refractivity contribution < 1.29 is 19.6 Å². The van der Waals surface area contributed by atoms with E-state index >= 15 is 0 Å². The number of aliphatic carboxylic acids is 1. The Morgan fingerprint density at radius 2 is 2.23 bits per heavy atom. The van der Waals surface area contributed by atoms with Crippen LogP contribution in [0.1, 0.15) is 18.9 Å². The van der Waals surface area contributed by atoms with E-state index in [0.717, 1.165) is 5.56 Å². The third-order valence-electron chi connectivity index (χ3n) is 3.75. The van der Waals surface area contributed by atoms with Crippen molar-refractivity contribution in [1.82, 2.24) is 4.90 Å². The van der Waals surface area contributed by atoms with E-state index in [1.54, 1.807) is 6.07 Å². The molecular weight excluding hydrogens is 290 g/mol. The maximum absolute atomic E-state index is 12.2. The van der Waals surface area contributed by atoms with Crippen molar-refractivity contribution in [3.8, 4) is 0 Å². The highest BCUT2D eigenvalue weighted by Crippen LogP contribution is 2.24. The summed E-state index contributed by atoms with van der Waals surface area (Å²) >= 11 is 0. The second-order valence-corrected chi connectivity index (χ2v) is 5.15. The van der Waals surface area contributed by atoms with Crippen LogP contribution < -0.4 is 5.32 Å². The number of carboxylic acids is 1. The van der Waals surface area contributed by atoms with E-state index in [1.165, 1.54) is 17.0 Å². The number of carbonyl (C=O) groups is 2. The number of benzene rings is 1. The second-order valence-electron chi connectivity index (χ2n) is 5.15. The lowest BCUT2D eigenvalue weighted by Gasteiger charge is -2.18. The molecule has 1 aromatic carbocycles. The van der Waals surface area contributed by atoms with Crippen LogP contribution in [0.3, 0.4) is 0 Å². The predicted octanol–water partition coefficient (Wildman–Crippen LogP) is 2.10. The highest BCUT2D eigenvalue weighted by molar-refractivity contribution is 5.91. The van der Waals surface area contributed by atoms with Crippen molar-refractivity contribution in [2.75, 3.05) is 18.4 Å². The number of nitrogens with one attached hydrogen (secondary N) is 1. The van der Waals surface area contributed by atoms with Gasteiger partial charge in [-0.2, -0.15) is 0 Å². The fourth-order valence-corrected chi connectivity index (χ4v) is 2.44. The van der Waals surface area contributed by atoms with Gasteiger partial charge in [-0.25, -0.2) is 4.79 Å². The zero-order valence-corrected chi connectivity index (χ0v) is 12.1. The minimum Gasteiger partial charge on any atom is -0.481 e. The Balaban J connectivity index is 2.12. The molecule has 1 aliphatic rings. The van der Waals surface area contributed by atoms with E-state index in [0.29, 0.717) is 25.1 Å². The summed E-state index contributed by atoms with van der Waals surface area (Å²) in [4.78, 5) is 34.8. The Kier molecular flexibility index (Phi) is 4.59. The second kappa shape index (κ2) is 6.42. The minimum absolute atomic E-state index is 0.0997. The van der Waals surface area contributed by atoms with Crippen LogP contribution in [0, 0.1) is 16.0 Å². The molecule has 0 bridgehead atoms. The van der Waals surface area contributed by atoms with Crippen LogP contribution in [0.4, 0.5) is 16.2 Å². The number of aryl methyl sites for hydroxylation is 1. The molecule has 118 valence electrons. The van der Waals surface area contributed by atoms with E-state index in [9.17, 15) is 19.7 Å². The number of carbonyl (C=O) groups excluding carboxylic acids is 1. The van der Waals surface area contributed by atoms with Gasteiger partial charge in [0, 0.05) is 25.2 Å². The summed E-state index contributed by atoms with van der Waals surface area (Å²) in [6.07, 6.45) is 1.03. The number of nitro groups is 1. The molecule has 22 heavy (non-hydrogen) atoms. The van der Waals surface area contributed by atoms with E-state index in [-0.39, 0.29) is 12.2 Å². The Morgan fingerprint density at radius 3 is 2.77 bits per heavy atom. The van der Waals surface area contributed by atoms with Gasteiger partial charge in [0.25, 0.3) is 5.69 Å². The van der Waals surface area contributed by atoms with Crippen molar-refractivity contribution in [2.45, 2.75) is 19.8 Å². The molecule has 1 unspecified atom stereocenters. The molecule has 8 heteroatoms. The van der Waals surface area contributed by atoms with Crippen LogP contribution in [0.15, 0.2) is 18.2 Å². The van der Waals surface area contributed by atoms with Gasteiger partial charge in [0.2, 0.25) is 0 Å². The van der Waals surface area contributed by atoms with E-state index < -0.39 is 22.8 Å². The molecule has 1 fully saturated rings. The zero-order valence-electron chi connectivity index (χ0n) is 12.1. The molecule has 0 aromatic heterocycles. The van der Waals surface area contributed by atoms with Gasteiger partial charge in [0.1, 0.15) is 0 Å². The summed E-state index contributed by atoms with van der Waals surface area (Å²) in [5.41, 5.74) is 1.07. The van der Waals surface area contributed by atoms with Crippen LogP contribution >= 0.6 is 0 Å². The fraction of sp³-hybridized carbons (Fsp3) is 0.429. The minimum atomic E-state index is -0.917. The lowest BCUT2D eigenvalue weighted by molar-refractivity contribution is -0.384. The molecule has 1 saturated heterocycles. The Hall–Kier alpha value is -2.64. The molecule has 1 aromatic rings. The molecule has 0 aliphatic carbocycles. The Labute approximate surface area is 126 Å².